The molecular formula is C24H30N2O2. The van der Waals surface area contributed by atoms with Crippen molar-refractivity contribution >= 4 is 5.91 Å². The average molecular weight is 379 g/mol. The lowest BCUT2D eigenvalue weighted by atomic mass is 10.1. The minimum Gasteiger partial charge on any atom is -0.489 e. The Morgan fingerprint density at radius 1 is 1.00 bits per heavy atom. The largest absolute Gasteiger partial charge is 0.489 e. The molecular weight excluding hydrogens is 348 g/mol. The van der Waals surface area contributed by atoms with Gasteiger partial charge in [0.25, 0.3) is 5.91 Å². The number of benzene rings is 2. The predicted octanol–water partition coefficient (Wildman–Crippen LogP) is 4.27. The van der Waals surface area contributed by atoms with E-state index in [4.69, 9.17) is 4.74 Å². The van der Waals surface area contributed by atoms with E-state index in [-0.39, 0.29) is 5.91 Å². The Morgan fingerprint density at radius 2 is 1.75 bits per heavy atom. The van der Waals surface area contributed by atoms with E-state index in [9.17, 15) is 4.79 Å². The molecule has 4 rings (SSSR count). The van der Waals surface area contributed by atoms with Gasteiger partial charge >= 0.3 is 0 Å². The van der Waals surface area contributed by atoms with Gasteiger partial charge in [0.2, 0.25) is 0 Å². The minimum atomic E-state index is 0.159. The zero-order chi connectivity index (χ0) is 19.3. The molecule has 1 atom stereocenters. The Bertz CT molecular complexity index is 797. The molecule has 2 aromatic carbocycles. The number of nitrogens with zero attached hydrogens (tertiary/aromatic N) is 2. The van der Waals surface area contributed by atoms with Gasteiger partial charge < -0.3 is 14.5 Å². The molecule has 2 aliphatic heterocycles. The van der Waals surface area contributed by atoms with Crippen LogP contribution in [-0.2, 0) is 6.61 Å². The summed E-state index contributed by atoms with van der Waals surface area (Å²) in [6.07, 6.45) is 4.83. The number of rotatable bonds is 6. The summed E-state index contributed by atoms with van der Waals surface area (Å²) in [6.45, 7) is 6.92. The van der Waals surface area contributed by atoms with Crippen molar-refractivity contribution in [3.63, 3.8) is 0 Å². The molecule has 2 aromatic rings. The highest BCUT2D eigenvalue weighted by Gasteiger charge is 2.31. The summed E-state index contributed by atoms with van der Waals surface area (Å²) in [5.74, 6) is 0.960. The molecule has 0 saturated carbocycles. The van der Waals surface area contributed by atoms with Gasteiger partial charge in [0.1, 0.15) is 12.4 Å². The molecule has 2 heterocycles. The third kappa shape index (κ3) is 4.39. The number of hydrogen-bond donors (Lipinski definition) is 0. The number of likely N-dealkylation sites (tertiary alicyclic amines) is 2. The third-order valence-corrected chi connectivity index (χ3v) is 6.06. The fraction of sp³-hybridized carbons (Fsp3) is 0.458. The van der Waals surface area contributed by atoms with E-state index in [1.807, 2.05) is 36.4 Å². The molecule has 0 aliphatic carbocycles. The summed E-state index contributed by atoms with van der Waals surface area (Å²) >= 11 is 0. The van der Waals surface area contributed by atoms with Gasteiger partial charge in [-0.2, -0.15) is 0 Å². The summed E-state index contributed by atoms with van der Waals surface area (Å²) in [6, 6.07) is 16.2. The number of carbonyl (C=O) groups excluding carboxylic acids is 1. The van der Waals surface area contributed by atoms with Crippen LogP contribution >= 0.6 is 0 Å². The van der Waals surface area contributed by atoms with Gasteiger partial charge in [0, 0.05) is 24.7 Å². The molecule has 1 amide bonds. The summed E-state index contributed by atoms with van der Waals surface area (Å²) in [7, 11) is 0. The molecule has 28 heavy (non-hydrogen) atoms. The molecule has 0 spiro atoms. The average Bonchev–Trinajstić information content (AvgIpc) is 3.40. The van der Waals surface area contributed by atoms with Crippen LogP contribution in [0.1, 0.15) is 47.2 Å². The molecule has 0 bridgehead atoms. The van der Waals surface area contributed by atoms with Crippen molar-refractivity contribution in [1.82, 2.24) is 9.80 Å². The number of ether oxygens (including phenoxy) is 1. The van der Waals surface area contributed by atoms with E-state index < -0.39 is 0 Å². The van der Waals surface area contributed by atoms with E-state index in [1.165, 1.54) is 37.1 Å². The van der Waals surface area contributed by atoms with E-state index >= 15 is 0 Å². The van der Waals surface area contributed by atoms with Crippen LogP contribution in [0.4, 0.5) is 0 Å². The summed E-state index contributed by atoms with van der Waals surface area (Å²) in [5.41, 5.74) is 3.17. The van der Waals surface area contributed by atoms with E-state index in [0.29, 0.717) is 12.6 Å². The first-order valence-electron chi connectivity index (χ1n) is 10.5. The molecule has 2 aliphatic rings. The van der Waals surface area contributed by atoms with Crippen molar-refractivity contribution in [2.75, 3.05) is 26.2 Å². The van der Waals surface area contributed by atoms with Gasteiger partial charge in [-0.3, -0.25) is 4.79 Å². The van der Waals surface area contributed by atoms with Crippen LogP contribution in [-0.4, -0.2) is 47.9 Å². The van der Waals surface area contributed by atoms with Gasteiger partial charge in [-0.15, -0.1) is 0 Å². The lowest BCUT2D eigenvalue weighted by molar-refractivity contribution is 0.0708. The van der Waals surface area contributed by atoms with Crippen LogP contribution in [0, 0.1) is 6.92 Å². The van der Waals surface area contributed by atoms with Crippen LogP contribution in [0.2, 0.25) is 0 Å². The first-order chi connectivity index (χ1) is 13.7. The molecule has 2 saturated heterocycles. The first kappa shape index (κ1) is 19.0. The topological polar surface area (TPSA) is 32.8 Å². The Labute approximate surface area is 168 Å². The third-order valence-electron chi connectivity index (χ3n) is 6.06. The van der Waals surface area contributed by atoms with Crippen LogP contribution in [0.25, 0.3) is 0 Å². The molecule has 1 unspecified atom stereocenters. The summed E-state index contributed by atoms with van der Waals surface area (Å²) in [5, 5.41) is 0. The maximum atomic E-state index is 13.0. The maximum absolute atomic E-state index is 13.0. The van der Waals surface area contributed by atoms with Gasteiger partial charge in [-0.25, -0.2) is 0 Å². The fourth-order valence-electron chi connectivity index (χ4n) is 4.35. The normalized spacial score (nSPS) is 19.9. The highest BCUT2D eigenvalue weighted by Crippen LogP contribution is 2.24. The Hall–Kier alpha value is -2.33. The summed E-state index contributed by atoms with van der Waals surface area (Å²) < 4.78 is 5.91. The number of aryl methyl sites for hydroxylation is 1. The van der Waals surface area contributed by atoms with Crippen molar-refractivity contribution in [3.05, 3.63) is 65.2 Å². The quantitative estimate of drug-likeness (QED) is 0.752. The van der Waals surface area contributed by atoms with Crippen LogP contribution in [0.3, 0.4) is 0 Å². The fourth-order valence-corrected chi connectivity index (χ4v) is 4.35. The number of carbonyl (C=O) groups is 1. The lowest BCUT2D eigenvalue weighted by Gasteiger charge is -2.28. The second-order valence-electron chi connectivity index (χ2n) is 8.04. The second-order valence-corrected chi connectivity index (χ2v) is 8.04. The SMILES string of the molecule is Cc1ccccc1COc1ccc(C(=O)N2CCCC2CN2CCCC2)cc1. The van der Waals surface area contributed by atoms with E-state index in [2.05, 4.69) is 28.9 Å². The highest BCUT2D eigenvalue weighted by molar-refractivity contribution is 5.94. The zero-order valence-electron chi connectivity index (χ0n) is 16.8. The van der Waals surface area contributed by atoms with Crippen LogP contribution in [0.15, 0.2) is 48.5 Å². The molecule has 148 valence electrons. The minimum absolute atomic E-state index is 0.159. The van der Waals surface area contributed by atoms with Crippen molar-refractivity contribution in [2.45, 2.75) is 45.3 Å². The molecule has 0 radical (unpaired) electrons. The van der Waals surface area contributed by atoms with Crippen molar-refractivity contribution in [3.8, 4) is 5.75 Å². The van der Waals surface area contributed by atoms with Crippen LogP contribution in [0.5, 0.6) is 5.75 Å². The molecule has 0 N–H and O–H groups in total. The van der Waals surface area contributed by atoms with E-state index in [0.717, 1.165) is 37.2 Å². The Morgan fingerprint density at radius 3 is 2.50 bits per heavy atom. The van der Waals surface area contributed by atoms with E-state index in [1.54, 1.807) is 0 Å². The van der Waals surface area contributed by atoms with Crippen molar-refractivity contribution in [1.29, 1.82) is 0 Å². The molecule has 4 heteroatoms. The highest BCUT2D eigenvalue weighted by atomic mass is 16.5. The predicted molar refractivity (Wildman–Crippen MR) is 112 cm³/mol. The smallest absolute Gasteiger partial charge is 0.254 e. The Balaban J connectivity index is 1.36. The molecule has 4 nitrogen and oxygen atoms in total. The van der Waals surface area contributed by atoms with Crippen molar-refractivity contribution in [2.24, 2.45) is 0 Å². The standard InChI is InChI=1S/C24H30N2O2/c1-19-7-2-3-8-21(19)18-28-23-12-10-20(11-13-23)24(27)26-16-6-9-22(26)17-25-14-4-5-15-25/h2-3,7-8,10-13,22H,4-6,9,14-18H2,1H3. The summed E-state index contributed by atoms with van der Waals surface area (Å²) in [4.78, 5) is 17.6. The number of amides is 1. The molecule has 2 fully saturated rings. The van der Waals surface area contributed by atoms with Gasteiger partial charge in [-0.05, 0) is 81.1 Å². The van der Waals surface area contributed by atoms with Crippen molar-refractivity contribution < 1.29 is 9.53 Å². The van der Waals surface area contributed by atoms with Gasteiger partial charge in [0.15, 0.2) is 0 Å². The lowest BCUT2D eigenvalue weighted by Crippen LogP contribution is -2.42. The second kappa shape index (κ2) is 8.78. The monoisotopic (exact) mass is 378 g/mol. The maximum Gasteiger partial charge on any atom is 0.254 e. The van der Waals surface area contributed by atoms with Gasteiger partial charge in [-0.1, -0.05) is 24.3 Å². The number of hydrogen-bond acceptors (Lipinski definition) is 3. The van der Waals surface area contributed by atoms with Crippen LogP contribution < -0.4 is 4.74 Å². The van der Waals surface area contributed by atoms with Gasteiger partial charge in [0.05, 0.1) is 0 Å². The molecule has 0 aromatic heterocycles. The zero-order valence-corrected chi connectivity index (χ0v) is 16.8. The Kier molecular flexibility index (Phi) is 5.96. The first-order valence-corrected chi connectivity index (χ1v) is 10.5.